The molecule has 2 fully saturated rings. The van der Waals surface area contributed by atoms with E-state index >= 15 is 0 Å². The van der Waals surface area contributed by atoms with Crippen LogP contribution in [0.3, 0.4) is 0 Å². The lowest BCUT2D eigenvalue weighted by Crippen LogP contribution is -2.58. The van der Waals surface area contributed by atoms with Gasteiger partial charge in [-0.2, -0.15) is 0 Å². The predicted octanol–water partition coefficient (Wildman–Crippen LogP) is 0.917. The van der Waals surface area contributed by atoms with Crippen LogP contribution in [0.2, 0.25) is 0 Å². The normalized spacial score (nSPS) is 40.8. The van der Waals surface area contributed by atoms with E-state index < -0.39 is 0 Å². The summed E-state index contributed by atoms with van der Waals surface area (Å²) in [5.41, 5.74) is 0. The molecule has 2 aliphatic heterocycles. The Kier molecular flexibility index (Phi) is 1.91. The molecule has 2 rings (SSSR count). The zero-order valence-corrected chi connectivity index (χ0v) is 6.31. The Morgan fingerprint density at radius 2 is 2.20 bits per heavy atom. The molecule has 2 unspecified atom stereocenters. The van der Waals surface area contributed by atoms with Gasteiger partial charge in [0, 0.05) is 19.2 Å². The van der Waals surface area contributed by atoms with E-state index in [0.29, 0.717) is 12.1 Å². The van der Waals surface area contributed by atoms with E-state index in [2.05, 4.69) is 5.32 Å². The largest absolute Gasteiger partial charge is 0.375 e. The zero-order chi connectivity index (χ0) is 6.81. The summed E-state index contributed by atoms with van der Waals surface area (Å²) in [6.45, 7) is 2.08. The molecule has 0 aromatic carbocycles. The fourth-order valence-electron chi connectivity index (χ4n) is 1.72. The van der Waals surface area contributed by atoms with Crippen LogP contribution in [0.25, 0.3) is 0 Å². The molecule has 2 saturated heterocycles. The second kappa shape index (κ2) is 2.89. The second-order valence-corrected chi connectivity index (χ2v) is 3.27. The molecule has 10 heavy (non-hydrogen) atoms. The first-order valence-corrected chi connectivity index (χ1v) is 4.32. The van der Waals surface area contributed by atoms with Crippen LogP contribution in [-0.2, 0) is 4.74 Å². The molecule has 2 heteroatoms. The van der Waals surface area contributed by atoms with Gasteiger partial charge in [0.25, 0.3) is 0 Å². The van der Waals surface area contributed by atoms with Crippen molar-refractivity contribution in [2.75, 3.05) is 13.2 Å². The highest BCUT2D eigenvalue weighted by atomic mass is 16.5. The number of ether oxygens (including phenoxy) is 1. The van der Waals surface area contributed by atoms with Crippen molar-refractivity contribution in [3.63, 3.8) is 0 Å². The SMILES string of the molecule is C1CCOC2CNC2CC1. The number of rotatable bonds is 0. The van der Waals surface area contributed by atoms with Crippen LogP contribution in [0.5, 0.6) is 0 Å². The van der Waals surface area contributed by atoms with E-state index in [9.17, 15) is 0 Å². The van der Waals surface area contributed by atoms with Crippen molar-refractivity contribution in [2.24, 2.45) is 0 Å². The smallest absolute Gasteiger partial charge is 0.0852 e. The van der Waals surface area contributed by atoms with Crippen LogP contribution in [0.15, 0.2) is 0 Å². The molecule has 0 radical (unpaired) electrons. The van der Waals surface area contributed by atoms with Gasteiger partial charge in [-0.05, 0) is 12.8 Å². The van der Waals surface area contributed by atoms with Crippen molar-refractivity contribution in [2.45, 2.75) is 37.8 Å². The minimum absolute atomic E-state index is 0.556. The Labute approximate surface area is 61.9 Å². The van der Waals surface area contributed by atoms with Gasteiger partial charge in [0.15, 0.2) is 0 Å². The first-order chi connectivity index (χ1) is 4.97. The summed E-state index contributed by atoms with van der Waals surface area (Å²) in [7, 11) is 0. The first kappa shape index (κ1) is 6.62. The van der Waals surface area contributed by atoms with Crippen molar-refractivity contribution >= 4 is 0 Å². The number of fused-ring (bicyclic) bond motifs is 1. The highest BCUT2D eigenvalue weighted by Crippen LogP contribution is 2.19. The van der Waals surface area contributed by atoms with Gasteiger partial charge in [0.05, 0.1) is 6.10 Å². The summed E-state index contributed by atoms with van der Waals surface area (Å²) < 4.78 is 5.62. The Balaban J connectivity index is 1.83. The summed E-state index contributed by atoms with van der Waals surface area (Å²) in [6, 6.07) is 0.695. The highest BCUT2D eigenvalue weighted by molar-refractivity contribution is 4.89. The summed E-state index contributed by atoms with van der Waals surface area (Å²) in [6.07, 6.45) is 5.89. The van der Waals surface area contributed by atoms with Crippen molar-refractivity contribution in [1.29, 1.82) is 0 Å². The number of hydrogen-bond acceptors (Lipinski definition) is 2. The monoisotopic (exact) mass is 141 g/mol. The predicted molar refractivity (Wildman–Crippen MR) is 40.0 cm³/mol. The van der Waals surface area contributed by atoms with Gasteiger partial charge in [-0.1, -0.05) is 12.8 Å². The quantitative estimate of drug-likeness (QED) is 0.541. The van der Waals surface area contributed by atoms with Crippen LogP contribution in [0, 0.1) is 0 Å². The molecule has 0 aromatic heterocycles. The topological polar surface area (TPSA) is 21.3 Å². The lowest BCUT2D eigenvalue weighted by Gasteiger charge is -2.39. The molecule has 0 saturated carbocycles. The fraction of sp³-hybridized carbons (Fsp3) is 1.00. The maximum atomic E-state index is 5.62. The van der Waals surface area contributed by atoms with Crippen molar-refractivity contribution in [3.05, 3.63) is 0 Å². The van der Waals surface area contributed by atoms with E-state index in [1.807, 2.05) is 0 Å². The summed E-state index contributed by atoms with van der Waals surface area (Å²) in [5, 5.41) is 3.39. The maximum absolute atomic E-state index is 5.62. The standard InChI is InChI=1S/C8H15NO/c1-2-4-7-8(6-9-7)10-5-3-1/h7-9H,1-6H2. The van der Waals surface area contributed by atoms with Crippen molar-refractivity contribution in [1.82, 2.24) is 5.32 Å². The fourth-order valence-corrected chi connectivity index (χ4v) is 1.72. The Morgan fingerprint density at radius 3 is 3.00 bits per heavy atom. The highest BCUT2D eigenvalue weighted by Gasteiger charge is 2.30. The van der Waals surface area contributed by atoms with E-state index in [1.165, 1.54) is 25.7 Å². The summed E-state index contributed by atoms with van der Waals surface area (Å²) in [5.74, 6) is 0. The van der Waals surface area contributed by atoms with Gasteiger partial charge < -0.3 is 10.1 Å². The third kappa shape index (κ3) is 1.18. The second-order valence-electron chi connectivity index (χ2n) is 3.27. The molecule has 0 amide bonds. The Bertz CT molecular complexity index is 102. The molecule has 0 aliphatic carbocycles. The average Bonchev–Trinajstić information content (AvgIpc) is 1.89. The summed E-state index contributed by atoms with van der Waals surface area (Å²) in [4.78, 5) is 0. The van der Waals surface area contributed by atoms with Crippen LogP contribution >= 0.6 is 0 Å². The summed E-state index contributed by atoms with van der Waals surface area (Å²) >= 11 is 0. The van der Waals surface area contributed by atoms with Crippen molar-refractivity contribution < 1.29 is 4.74 Å². The molecule has 1 N–H and O–H groups in total. The molecule has 2 heterocycles. The molecular formula is C8H15NO. The van der Waals surface area contributed by atoms with Gasteiger partial charge in [0.1, 0.15) is 0 Å². The van der Waals surface area contributed by atoms with Gasteiger partial charge in [-0.25, -0.2) is 0 Å². The molecule has 2 aliphatic rings. The van der Waals surface area contributed by atoms with Crippen molar-refractivity contribution in [3.8, 4) is 0 Å². The molecule has 0 bridgehead atoms. The van der Waals surface area contributed by atoms with Gasteiger partial charge in [-0.3, -0.25) is 0 Å². The Morgan fingerprint density at radius 1 is 1.20 bits per heavy atom. The van der Waals surface area contributed by atoms with Gasteiger partial charge in [-0.15, -0.1) is 0 Å². The van der Waals surface area contributed by atoms with E-state index in [1.54, 1.807) is 0 Å². The van der Waals surface area contributed by atoms with Crippen LogP contribution in [0.1, 0.15) is 25.7 Å². The van der Waals surface area contributed by atoms with E-state index in [0.717, 1.165) is 13.2 Å². The van der Waals surface area contributed by atoms with Crippen LogP contribution in [-0.4, -0.2) is 25.3 Å². The van der Waals surface area contributed by atoms with E-state index in [4.69, 9.17) is 4.74 Å². The molecule has 0 aromatic rings. The van der Waals surface area contributed by atoms with Gasteiger partial charge >= 0.3 is 0 Å². The lowest BCUT2D eigenvalue weighted by atomic mass is 9.95. The molecule has 2 atom stereocenters. The molecular weight excluding hydrogens is 126 g/mol. The first-order valence-electron chi connectivity index (χ1n) is 4.32. The van der Waals surface area contributed by atoms with Gasteiger partial charge in [0.2, 0.25) is 0 Å². The third-order valence-corrected chi connectivity index (χ3v) is 2.52. The minimum Gasteiger partial charge on any atom is -0.375 e. The van der Waals surface area contributed by atoms with Crippen LogP contribution in [0.4, 0.5) is 0 Å². The minimum atomic E-state index is 0.556. The van der Waals surface area contributed by atoms with Crippen LogP contribution < -0.4 is 5.32 Å². The lowest BCUT2D eigenvalue weighted by molar-refractivity contribution is -0.0300. The molecule has 58 valence electrons. The van der Waals surface area contributed by atoms with E-state index in [-0.39, 0.29) is 0 Å². The zero-order valence-electron chi connectivity index (χ0n) is 6.31. The average molecular weight is 141 g/mol. The molecule has 0 spiro atoms. The third-order valence-electron chi connectivity index (χ3n) is 2.52. The number of nitrogens with one attached hydrogen (secondary N) is 1. The molecule has 2 nitrogen and oxygen atoms in total. The Hall–Kier alpha value is -0.0800. The maximum Gasteiger partial charge on any atom is 0.0852 e. The number of hydrogen-bond donors (Lipinski definition) is 1.